The number of aromatic nitrogens is 1. The Balaban J connectivity index is 2.31. The van der Waals surface area contributed by atoms with Crippen LogP contribution < -0.4 is 10.5 Å². The Morgan fingerprint density at radius 1 is 1.29 bits per heavy atom. The van der Waals surface area contributed by atoms with Crippen LogP contribution in [0.15, 0.2) is 18.3 Å². The molecule has 0 spiro atoms. The lowest BCUT2D eigenvalue weighted by atomic mass is 10.1. The van der Waals surface area contributed by atoms with Crippen LogP contribution in [0.3, 0.4) is 0 Å². The molecular weight excluding hydrogens is 220 g/mol. The molecule has 1 heterocycles. The van der Waals surface area contributed by atoms with E-state index >= 15 is 0 Å². The topological polar surface area (TPSA) is 66.6 Å². The molecule has 0 radical (unpaired) electrons. The van der Waals surface area contributed by atoms with Gasteiger partial charge in [0.1, 0.15) is 6.61 Å². The SMILES string of the molecule is COCCOCCOc1ncccc1C(C)N. The van der Waals surface area contributed by atoms with E-state index in [1.807, 2.05) is 19.1 Å². The van der Waals surface area contributed by atoms with Crippen molar-refractivity contribution < 1.29 is 14.2 Å². The molecule has 0 aromatic carbocycles. The fourth-order valence-corrected chi connectivity index (χ4v) is 1.31. The van der Waals surface area contributed by atoms with Gasteiger partial charge in [-0.05, 0) is 13.0 Å². The van der Waals surface area contributed by atoms with Crippen LogP contribution in [0.2, 0.25) is 0 Å². The summed E-state index contributed by atoms with van der Waals surface area (Å²) in [4.78, 5) is 4.15. The third-order valence-corrected chi connectivity index (χ3v) is 2.19. The van der Waals surface area contributed by atoms with Crippen molar-refractivity contribution in [2.24, 2.45) is 5.73 Å². The average Bonchev–Trinajstić information content (AvgIpc) is 2.34. The van der Waals surface area contributed by atoms with Crippen molar-refractivity contribution in [3.8, 4) is 5.88 Å². The van der Waals surface area contributed by atoms with Crippen LogP contribution in [0.25, 0.3) is 0 Å². The van der Waals surface area contributed by atoms with E-state index < -0.39 is 0 Å². The molecule has 2 N–H and O–H groups in total. The van der Waals surface area contributed by atoms with Gasteiger partial charge >= 0.3 is 0 Å². The van der Waals surface area contributed by atoms with E-state index in [0.717, 1.165) is 5.56 Å². The number of hydrogen-bond donors (Lipinski definition) is 1. The summed E-state index contributed by atoms with van der Waals surface area (Å²) in [6.45, 7) is 4.04. The molecule has 0 aliphatic rings. The maximum absolute atomic E-state index is 5.82. The van der Waals surface area contributed by atoms with Gasteiger partial charge in [0.15, 0.2) is 0 Å². The van der Waals surface area contributed by atoms with Gasteiger partial charge in [0.2, 0.25) is 5.88 Å². The number of ether oxygens (including phenoxy) is 3. The van der Waals surface area contributed by atoms with Gasteiger partial charge < -0.3 is 19.9 Å². The second-order valence-electron chi connectivity index (χ2n) is 3.64. The van der Waals surface area contributed by atoms with Gasteiger partial charge in [-0.1, -0.05) is 6.07 Å². The zero-order valence-electron chi connectivity index (χ0n) is 10.4. The maximum Gasteiger partial charge on any atom is 0.218 e. The van der Waals surface area contributed by atoms with Crippen molar-refractivity contribution in [2.45, 2.75) is 13.0 Å². The minimum absolute atomic E-state index is 0.0897. The van der Waals surface area contributed by atoms with Gasteiger partial charge in [-0.2, -0.15) is 0 Å². The van der Waals surface area contributed by atoms with Gasteiger partial charge in [-0.3, -0.25) is 0 Å². The number of hydrogen-bond acceptors (Lipinski definition) is 5. The molecular formula is C12H20N2O3. The molecule has 1 aromatic heterocycles. The van der Waals surface area contributed by atoms with Crippen molar-refractivity contribution >= 4 is 0 Å². The molecule has 1 atom stereocenters. The largest absolute Gasteiger partial charge is 0.475 e. The van der Waals surface area contributed by atoms with E-state index in [9.17, 15) is 0 Å². The molecule has 0 bridgehead atoms. The van der Waals surface area contributed by atoms with E-state index in [1.54, 1.807) is 13.3 Å². The summed E-state index contributed by atoms with van der Waals surface area (Å²) in [6, 6.07) is 3.67. The first-order valence-electron chi connectivity index (χ1n) is 5.65. The Hall–Kier alpha value is -1.17. The van der Waals surface area contributed by atoms with Crippen molar-refractivity contribution in [2.75, 3.05) is 33.5 Å². The van der Waals surface area contributed by atoms with Gasteiger partial charge in [-0.15, -0.1) is 0 Å². The highest BCUT2D eigenvalue weighted by Gasteiger charge is 2.08. The van der Waals surface area contributed by atoms with Crippen LogP contribution in [0.1, 0.15) is 18.5 Å². The molecule has 1 aromatic rings. The van der Waals surface area contributed by atoms with Gasteiger partial charge in [0, 0.05) is 24.9 Å². The Kier molecular flexibility index (Phi) is 6.54. The summed E-state index contributed by atoms with van der Waals surface area (Å²) >= 11 is 0. The first-order valence-corrected chi connectivity index (χ1v) is 5.65. The van der Waals surface area contributed by atoms with Crippen LogP contribution >= 0.6 is 0 Å². The predicted molar refractivity (Wildman–Crippen MR) is 65.0 cm³/mol. The van der Waals surface area contributed by atoms with Crippen molar-refractivity contribution in [3.63, 3.8) is 0 Å². The second kappa shape index (κ2) is 8.00. The minimum Gasteiger partial charge on any atom is -0.475 e. The summed E-state index contributed by atoms with van der Waals surface area (Å²) < 4.78 is 15.7. The molecule has 0 saturated heterocycles. The Morgan fingerprint density at radius 3 is 2.76 bits per heavy atom. The summed E-state index contributed by atoms with van der Waals surface area (Å²) in [5.74, 6) is 0.581. The second-order valence-corrected chi connectivity index (χ2v) is 3.64. The first kappa shape index (κ1) is 13.9. The Bertz CT molecular complexity index is 318. The molecule has 1 rings (SSSR count). The van der Waals surface area contributed by atoms with Crippen LogP contribution in [0.4, 0.5) is 0 Å². The van der Waals surface area contributed by atoms with Gasteiger partial charge in [0.05, 0.1) is 19.8 Å². The van der Waals surface area contributed by atoms with Crippen LogP contribution in [-0.2, 0) is 9.47 Å². The fourth-order valence-electron chi connectivity index (χ4n) is 1.31. The summed E-state index contributed by atoms with van der Waals surface area (Å²) in [7, 11) is 1.64. The average molecular weight is 240 g/mol. The Morgan fingerprint density at radius 2 is 2.06 bits per heavy atom. The van der Waals surface area contributed by atoms with E-state index in [2.05, 4.69) is 4.98 Å². The van der Waals surface area contributed by atoms with E-state index in [4.69, 9.17) is 19.9 Å². The number of pyridine rings is 1. The molecule has 0 aliphatic heterocycles. The van der Waals surface area contributed by atoms with E-state index in [-0.39, 0.29) is 6.04 Å². The lowest BCUT2D eigenvalue weighted by molar-refractivity contribution is 0.0534. The van der Waals surface area contributed by atoms with Crippen molar-refractivity contribution in [1.82, 2.24) is 4.98 Å². The summed E-state index contributed by atoms with van der Waals surface area (Å²) in [5, 5.41) is 0. The highest BCUT2D eigenvalue weighted by atomic mass is 16.5. The molecule has 96 valence electrons. The first-order chi connectivity index (χ1) is 8.25. The van der Waals surface area contributed by atoms with Crippen LogP contribution in [-0.4, -0.2) is 38.5 Å². The molecule has 5 nitrogen and oxygen atoms in total. The third-order valence-electron chi connectivity index (χ3n) is 2.19. The predicted octanol–water partition coefficient (Wildman–Crippen LogP) is 1.14. The highest BCUT2D eigenvalue weighted by molar-refractivity contribution is 5.27. The summed E-state index contributed by atoms with van der Waals surface area (Å²) in [5.41, 5.74) is 6.72. The van der Waals surface area contributed by atoms with E-state index in [0.29, 0.717) is 32.3 Å². The molecule has 0 aliphatic carbocycles. The van der Waals surface area contributed by atoms with Crippen molar-refractivity contribution in [1.29, 1.82) is 0 Å². The summed E-state index contributed by atoms with van der Waals surface area (Å²) in [6.07, 6.45) is 1.69. The zero-order chi connectivity index (χ0) is 12.5. The Labute approximate surface area is 102 Å². The molecule has 17 heavy (non-hydrogen) atoms. The lowest BCUT2D eigenvalue weighted by Gasteiger charge is -2.12. The molecule has 0 amide bonds. The van der Waals surface area contributed by atoms with E-state index in [1.165, 1.54) is 0 Å². The van der Waals surface area contributed by atoms with Gasteiger partial charge in [0.25, 0.3) is 0 Å². The molecule has 0 fully saturated rings. The molecule has 0 saturated carbocycles. The van der Waals surface area contributed by atoms with Crippen LogP contribution in [0.5, 0.6) is 5.88 Å². The van der Waals surface area contributed by atoms with Crippen LogP contribution in [0, 0.1) is 0 Å². The quantitative estimate of drug-likeness (QED) is 0.690. The lowest BCUT2D eigenvalue weighted by Crippen LogP contribution is -2.13. The smallest absolute Gasteiger partial charge is 0.218 e. The van der Waals surface area contributed by atoms with Crippen molar-refractivity contribution in [3.05, 3.63) is 23.9 Å². The number of methoxy groups -OCH3 is 1. The number of nitrogens with two attached hydrogens (primary N) is 1. The zero-order valence-corrected chi connectivity index (χ0v) is 10.4. The normalized spacial score (nSPS) is 12.4. The third kappa shape index (κ3) is 5.12. The monoisotopic (exact) mass is 240 g/mol. The molecule has 1 unspecified atom stereocenters. The number of rotatable bonds is 8. The number of nitrogens with zero attached hydrogens (tertiary/aromatic N) is 1. The standard InChI is InChI=1S/C12H20N2O3/c1-10(13)11-4-3-5-14-12(11)17-9-8-16-7-6-15-2/h3-5,10H,6-9,13H2,1-2H3. The highest BCUT2D eigenvalue weighted by Crippen LogP contribution is 2.19. The fraction of sp³-hybridized carbons (Fsp3) is 0.583. The maximum atomic E-state index is 5.82. The van der Waals surface area contributed by atoms with Gasteiger partial charge in [-0.25, -0.2) is 4.98 Å². The minimum atomic E-state index is -0.0897. The molecule has 5 heteroatoms.